The van der Waals surface area contributed by atoms with E-state index in [0.29, 0.717) is 5.96 Å². The topological polar surface area (TPSA) is 59.6 Å². The van der Waals surface area contributed by atoms with Gasteiger partial charge in [-0.25, -0.2) is 0 Å². The van der Waals surface area contributed by atoms with Crippen LogP contribution in [0.2, 0.25) is 0 Å². The van der Waals surface area contributed by atoms with Crippen LogP contribution in [0.25, 0.3) is 0 Å². The normalized spacial score (nSPS) is 17.1. The molecule has 3 N–H and O–H groups in total. The van der Waals surface area contributed by atoms with E-state index in [0.717, 1.165) is 37.2 Å². The van der Waals surface area contributed by atoms with E-state index >= 15 is 0 Å². The number of nitrogens with zero attached hydrogens (tertiary/aromatic N) is 1. The van der Waals surface area contributed by atoms with Crippen molar-refractivity contribution in [2.24, 2.45) is 10.7 Å². The first-order chi connectivity index (χ1) is 10.7. The summed E-state index contributed by atoms with van der Waals surface area (Å²) in [5.41, 5.74) is 7.52. The first kappa shape index (κ1) is 17.3. The Labute approximate surface area is 141 Å². The molecule has 4 nitrogen and oxygen atoms in total. The third-order valence-corrected chi connectivity index (χ3v) is 4.82. The van der Waals surface area contributed by atoms with E-state index in [2.05, 4.69) is 50.5 Å². The first-order valence-electron chi connectivity index (χ1n) is 8.04. The van der Waals surface area contributed by atoms with Gasteiger partial charge in [0.1, 0.15) is 0 Å². The van der Waals surface area contributed by atoms with Gasteiger partial charge in [-0.1, -0.05) is 34.5 Å². The Morgan fingerprint density at radius 2 is 2.09 bits per heavy atom. The summed E-state index contributed by atoms with van der Waals surface area (Å²) in [6.07, 6.45) is 4.60. The Bertz CT molecular complexity index is 483. The summed E-state index contributed by atoms with van der Waals surface area (Å²) in [6.45, 7) is 5.10. The van der Waals surface area contributed by atoms with Crippen LogP contribution in [0.3, 0.4) is 0 Å². The molecule has 0 radical (unpaired) electrons. The lowest BCUT2D eigenvalue weighted by Crippen LogP contribution is -2.40. The summed E-state index contributed by atoms with van der Waals surface area (Å²) in [6, 6.07) is 8.61. The fraction of sp³-hybridized carbons (Fsp3) is 0.588. The number of hydrogen-bond donors (Lipinski definition) is 2. The van der Waals surface area contributed by atoms with Crippen molar-refractivity contribution < 1.29 is 4.74 Å². The van der Waals surface area contributed by atoms with Crippen molar-refractivity contribution in [3.8, 4) is 0 Å². The number of benzene rings is 1. The largest absolute Gasteiger partial charge is 0.382 e. The van der Waals surface area contributed by atoms with Gasteiger partial charge in [0.05, 0.1) is 6.54 Å². The van der Waals surface area contributed by atoms with Crippen LogP contribution in [0, 0.1) is 0 Å². The number of nitrogens with two attached hydrogens (primary N) is 1. The van der Waals surface area contributed by atoms with Gasteiger partial charge in [-0.2, -0.15) is 0 Å². The zero-order valence-corrected chi connectivity index (χ0v) is 14.9. The van der Waals surface area contributed by atoms with E-state index < -0.39 is 0 Å². The Morgan fingerprint density at radius 1 is 1.36 bits per heavy atom. The average Bonchev–Trinajstić information content (AvgIpc) is 2.47. The average molecular weight is 368 g/mol. The highest BCUT2D eigenvalue weighted by Gasteiger charge is 2.38. The smallest absolute Gasteiger partial charge is 0.188 e. The molecule has 1 aliphatic carbocycles. The summed E-state index contributed by atoms with van der Waals surface area (Å²) >= 11 is 3.49. The molecule has 5 heteroatoms. The molecule has 1 aromatic rings. The van der Waals surface area contributed by atoms with Crippen LogP contribution in [-0.2, 0) is 10.2 Å². The van der Waals surface area contributed by atoms with Crippen LogP contribution in [-0.4, -0.2) is 32.3 Å². The minimum atomic E-state index is 0.179. The summed E-state index contributed by atoms with van der Waals surface area (Å²) in [7, 11) is 0. The van der Waals surface area contributed by atoms with Gasteiger partial charge in [0.25, 0.3) is 0 Å². The summed E-state index contributed by atoms with van der Waals surface area (Å²) in [4.78, 5) is 4.57. The summed E-state index contributed by atoms with van der Waals surface area (Å²) in [5.74, 6) is 0.542. The molecule has 1 aromatic carbocycles. The quantitative estimate of drug-likeness (QED) is 0.421. The molecule has 1 aliphatic rings. The molecule has 0 spiro atoms. The van der Waals surface area contributed by atoms with Crippen molar-refractivity contribution in [3.63, 3.8) is 0 Å². The minimum Gasteiger partial charge on any atom is -0.382 e. The predicted octanol–water partition coefficient (Wildman–Crippen LogP) is 3.20. The van der Waals surface area contributed by atoms with Gasteiger partial charge >= 0.3 is 0 Å². The molecule has 0 bridgehead atoms. The highest BCUT2D eigenvalue weighted by Crippen LogP contribution is 2.44. The van der Waals surface area contributed by atoms with E-state index in [1.165, 1.54) is 24.8 Å². The molecule has 0 heterocycles. The molecule has 0 atom stereocenters. The van der Waals surface area contributed by atoms with Gasteiger partial charge in [-0.3, -0.25) is 4.99 Å². The molecular formula is C17H26BrN3O. The monoisotopic (exact) mass is 367 g/mol. The summed E-state index contributed by atoms with van der Waals surface area (Å²) < 4.78 is 6.41. The van der Waals surface area contributed by atoms with Gasteiger partial charge < -0.3 is 15.8 Å². The van der Waals surface area contributed by atoms with Crippen molar-refractivity contribution in [3.05, 3.63) is 34.3 Å². The highest BCUT2D eigenvalue weighted by molar-refractivity contribution is 9.10. The third kappa shape index (κ3) is 4.71. The fourth-order valence-corrected chi connectivity index (χ4v) is 3.04. The number of nitrogens with one attached hydrogen (secondary N) is 1. The molecule has 0 amide bonds. The number of ether oxygens (including phenoxy) is 1. The lowest BCUT2D eigenvalue weighted by Gasteiger charge is -2.41. The number of hydrogen-bond acceptors (Lipinski definition) is 2. The second-order valence-electron chi connectivity index (χ2n) is 5.82. The molecular weight excluding hydrogens is 342 g/mol. The molecule has 22 heavy (non-hydrogen) atoms. The third-order valence-electron chi connectivity index (χ3n) is 4.30. The van der Waals surface area contributed by atoms with Crippen molar-refractivity contribution in [1.82, 2.24) is 5.32 Å². The standard InChI is InChI=1S/C17H26BrN3O/c1-2-22-12-4-11-20-16(19)21-13-17(9-3-10-17)14-5-7-15(18)8-6-14/h5-8H,2-4,9-13H2,1H3,(H3,19,20,21). The van der Waals surface area contributed by atoms with E-state index in [4.69, 9.17) is 10.5 Å². The highest BCUT2D eigenvalue weighted by atomic mass is 79.9. The molecule has 1 saturated carbocycles. The minimum absolute atomic E-state index is 0.179. The number of halogens is 1. The van der Waals surface area contributed by atoms with Crippen LogP contribution in [0.1, 0.15) is 38.2 Å². The van der Waals surface area contributed by atoms with E-state index in [9.17, 15) is 0 Å². The Kier molecular flexibility index (Phi) is 6.70. The van der Waals surface area contributed by atoms with E-state index in [1.54, 1.807) is 0 Å². The van der Waals surface area contributed by atoms with Crippen molar-refractivity contribution in [2.75, 3.05) is 26.3 Å². The van der Waals surface area contributed by atoms with Crippen LogP contribution in [0.15, 0.2) is 33.7 Å². The van der Waals surface area contributed by atoms with Gasteiger partial charge in [-0.05, 0) is 43.9 Å². The first-order valence-corrected chi connectivity index (χ1v) is 8.83. The van der Waals surface area contributed by atoms with Crippen LogP contribution < -0.4 is 11.1 Å². The van der Waals surface area contributed by atoms with Gasteiger partial charge in [0.2, 0.25) is 0 Å². The zero-order valence-electron chi connectivity index (χ0n) is 13.3. The summed E-state index contributed by atoms with van der Waals surface area (Å²) in [5, 5.41) is 3.16. The Balaban J connectivity index is 1.84. The molecule has 122 valence electrons. The van der Waals surface area contributed by atoms with Crippen LogP contribution in [0.4, 0.5) is 0 Å². The maximum atomic E-state index is 5.97. The number of rotatable bonds is 8. The van der Waals surface area contributed by atoms with Crippen LogP contribution >= 0.6 is 15.9 Å². The molecule has 0 aliphatic heterocycles. The number of guanidine groups is 1. The van der Waals surface area contributed by atoms with Gasteiger partial charge in [0, 0.05) is 29.6 Å². The van der Waals surface area contributed by atoms with Crippen molar-refractivity contribution >= 4 is 21.9 Å². The zero-order chi connectivity index (χ0) is 15.8. The van der Waals surface area contributed by atoms with E-state index in [-0.39, 0.29) is 5.41 Å². The van der Waals surface area contributed by atoms with Crippen molar-refractivity contribution in [1.29, 1.82) is 0 Å². The van der Waals surface area contributed by atoms with Gasteiger partial charge in [-0.15, -0.1) is 0 Å². The molecule has 0 unspecified atom stereocenters. The Morgan fingerprint density at radius 3 is 2.68 bits per heavy atom. The van der Waals surface area contributed by atoms with Gasteiger partial charge in [0.15, 0.2) is 5.96 Å². The van der Waals surface area contributed by atoms with Crippen molar-refractivity contribution in [2.45, 2.75) is 38.0 Å². The Hall–Kier alpha value is -1.07. The number of aliphatic imine (C=N–C) groups is 1. The molecule has 2 rings (SSSR count). The molecule has 0 saturated heterocycles. The van der Waals surface area contributed by atoms with Crippen LogP contribution in [0.5, 0.6) is 0 Å². The second kappa shape index (κ2) is 8.53. The SMILES string of the molecule is CCOCCCNC(N)=NCC1(c2ccc(Br)cc2)CCC1. The maximum Gasteiger partial charge on any atom is 0.188 e. The lowest BCUT2D eigenvalue weighted by molar-refractivity contribution is 0.145. The molecule has 0 aromatic heterocycles. The maximum absolute atomic E-state index is 5.97. The fourth-order valence-electron chi connectivity index (χ4n) is 2.77. The van der Waals surface area contributed by atoms with E-state index in [1.807, 2.05) is 6.92 Å². The lowest BCUT2D eigenvalue weighted by atomic mass is 9.64. The second-order valence-corrected chi connectivity index (χ2v) is 6.74. The molecule has 1 fully saturated rings. The predicted molar refractivity (Wildman–Crippen MR) is 95.3 cm³/mol.